The van der Waals surface area contributed by atoms with E-state index < -0.39 is 0 Å². The Labute approximate surface area is 183 Å². The first-order valence-electron chi connectivity index (χ1n) is 10.7. The number of aromatic nitrogens is 1. The number of fused-ring (bicyclic) bond motifs is 1. The second kappa shape index (κ2) is 9.09. The van der Waals surface area contributed by atoms with Crippen LogP contribution in [0.1, 0.15) is 46.4 Å². The van der Waals surface area contributed by atoms with Crippen LogP contribution in [0, 0.1) is 6.92 Å². The summed E-state index contributed by atoms with van der Waals surface area (Å²) in [7, 11) is 1.87. The fraction of sp³-hybridized carbons (Fsp3) is 0.222. The molecule has 0 aliphatic rings. The molecule has 0 unspecified atom stereocenters. The molecule has 31 heavy (non-hydrogen) atoms. The van der Waals surface area contributed by atoms with Crippen LogP contribution >= 0.6 is 0 Å². The third kappa shape index (κ3) is 4.33. The van der Waals surface area contributed by atoms with Crippen LogP contribution in [-0.4, -0.2) is 29.4 Å². The van der Waals surface area contributed by atoms with Gasteiger partial charge < -0.3 is 14.6 Å². The number of ether oxygens (including phenoxy) is 1. The monoisotopic (exact) mass is 412 g/mol. The maximum absolute atomic E-state index is 13.5. The van der Waals surface area contributed by atoms with Crippen molar-refractivity contribution in [1.29, 1.82) is 0 Å². The molecule has 1 atom stereocenters. The number of benzene rings is 3. The number of rotatable bonds is 7. The van der Waals surface area contributed by atoms with Gasteiger partial charge in [0.1, 0.15) is 5.75 Å². The van der Waals surface area contributed by atoms with Crippen LogP contribution in [0.25, 0.3) is 10.9 Å². The van der Waals surface area contributed by atoms with Crippen molar-refractivity contribution in [2.75, 3.05) is 13.7 Å². The number of nitrogens with one attached hydrogen (secondary N) is 1. The van der Waals surface area contributed by atoms with Crippen LogP contribution in [0.4, 0.5) is 0 Å². The molecule has 1 amide bonds. The summed E-state index contributed by atoms with van der Waals surface area (Å²) in [5.41, 5.74) is 5.06. The minimum Gasteiger partial charge on any atom is -0.494 e. The smallest absolute Gasteiger partial charge is 0.254 e. The van der Waals surface area contributed by atoms with Crippen LogP contribution in [0.15, 0.2) is 79.0 Å². The molecule has 0 radical (unpaired) electrons. The van der Waals surface area contributed by atoms with E-state index in [2.05, 4.69) is 55.2 Å². The Morgan fingerprint density at radius 3 is 2.42 bits per heavy atom. The van der Waals surface area contributed by atoms with Crippen LogP contribution in [-0.2, 0) is 0 Å². The molecule has 4 heteroatoms. The van der Waals surface area contributed by atoms with Crippen LogP contribution < -0.4 is 4.74 Å². The molecular weight excluding hydrogens is 384 g/mol. The fourth-order valence-electron chi connectivity index (χ4n) is 3.92. The lowest BCUT2D eigenvalue weighted by Crippen LogP contribution is -2.32. The number of para-hydroxylation sites is 1. The highest BCUT2D eigenvalue weighted by atomic mass is 16.5. The van der Waals surface area contributed by atoms with Crippen LogP contribution in [0.2, 0.25) is 0 Å². The van der Waals surface area contributed by atoms with Gasteiger partial charge in [-0.25, -0.2) is 0 Å². The lowest BCUT2D eigenvalue weighted by Gasteiger charge is -2.29. The first kappa shape index (κ1) is 20.7. The molecule has 1 aromatic heterocycles. The number of aromatic amines is 1. The molecule has 4 aromatic rings. The van der Waals surface area contributed by atoms with Crippen molar-refractivity contribution in [3.8, 4) is 5.75 Å². The van der Waals surface area contributed by atoms with E-state index in [1.807, 2.05) is 54.5 Å². The maximum atomic E-state index is 13.5. The van der Waals surface area contributed by atoms with Crippen molar-refractivity contribution in [3.63, 3.8) is 0 Å². The Kier molecular flexibility index (Phi) is 6.08. The van der Waals surface area contributed by atoms with Crippen molar-refractivity contribution in [3.05, 3.63) is 101 Å². The van der Waals surface area contributed by atoms with Gasteiger partial charge in [-0.2, -0.15) is 0 Å². The largest absolute Gasteiger partial charge is 0.494 e. The van der Waals surface area contributed by atoms with E-state index in [-0.39, 0.29) is 11.9 Å². The van der Waals surface area contributed by atoms with Gasteiger partial charge in [-0.3, -0.25) is 4.79 Å². The third-order valence-corrected chi connectivity index (χ3v) is 5.59. The number of aryl methyl sites for hydroxylation is 1. The van der Waals surface area contributed by atoms with Gasteiger partial charge in [0.25, 0.3) is 5.91 Å². The molecule has 3 aromatic carbocycles. The Balaban J connectivity index is 1.71. The zero-order valence-electron chi connectivity index (χ0n) is 18.3. The Morgan fingerprint density at radius 1 is 1.00 bits per heavy atom. The highest BCUT2D eigenvalue weighted by Crippen LogP contribution is 2.34. The Hall–Kier alpha value is -3.53. The average Bonchev–Trinajstić information content (AvgIpc) is 3.23. The Morgan fingerprint density at radius 2 is 1.71 bits per heavy atom. The number of carbonyl (C=O) groups is 1. The number of hydrogen-bond donors (Lipinski definition) is 1. The van der Waals surface area contributed by atoms with Gasteiger partial charge in [0.15, 0.2) is 0 Å². The number of nitrogens with zero attached hydrogens (tertiary/aromatic N) is 1. The van der Waals surface area contributed by atoms with Crippen molar-refractivity contribution in [1.82, 2.24) is 9.88 Å². The highest BCUT2D eigenvalue weighted by molar-refractivity contribution is 5.95. The number of amides is 1. The third-order valence-electron chi connectivity index (χ3n) is 5.59. The van der Waals surface area contributed by atoms with E-state index in [1.165, 1.54) is 5.56 Å². The van der Waals surface area contributed by atoms with Gasteiger partial charge in [-0.15, -0.1) is 0 Å². The zero-order chi connectivity index (χ0) is 21.8. The normalized spacial score (nSPS) is 12.0. The zero-order valence-corrected chi connectivity index (χ0v) is 18.3. The SMILES string of the molecule is CCCOc1ccc(C(=O)N(C)[C@@H](c2ccc(C)cc2)c2c[nH]c3ccccc23)cc1. The lowest BCUT2D eigenvalue weighted by molar-refractivity contribution is 0.0756. The molecule has 0 aliphatic heterocycles. The Bertz CT molecular complexity index is 1160. The van der Waals surface area contributed by atoms with Crippen molar-refractivity contribution >= 4 is 16.8 Å². The molecule has 1 heterocycles. The standard InChI is InChI=1S/C27H28N2O2/c1-4-17-31-22-15-13-21(14-16-22)27(30)29(3)26(20-11-9-19(2)10-12-20)24-18-28-25-8-6-5-7-23(24)25/h5-16,18,26,28H,4,17H2,1-3H3/t26-/m0/s1. The van der Waals surface area contributed by atoms with Gasteiger partial charge in [-0.05, 0) is 49.2 Å². The van der Waals surface area contributed by atoms with E-state index in [9.17, 15) is 4.79 Å². The highest BCUT2D eigenvalue weighted by Gasteiger charge is 2.26. The summed E-state index contributed by atoms with van der Waals surface area (Å²) < 4.78 is 5.66. The van der Waals surface area contributed by atoms with Crippen LogP contribution in [0.5, 0.6) is 5.75 Å². The topological polar surface area (TPSA) is 45.3 Å². The minimum atomic E-state index is -0.208. The molecule has 0 fully saturated rings. The van der Waals surface area contributed by atoms with Crippen molar-refractivity contribution in [2.45, 2.75) is 26.3 Å². The molecule has 0 bridgehead atoms. The lowest BCUT2D eigenvalue weighted by atomic mass is 9.95. The van der Waals surface area contributed by atoms with Gasteiger partial charge in [0.2, 0.25) is 0 Å². The number of hydrogen-bond acceptors (Lipinski definition) is 2. The molecule has 1 N–H and O–H groups in total. The molecule has 0 spiro atoms. The van der Waals surface area contributed by atoms with Gasteiger partial charge >= 0.3 is 0 Å². The van der Waals surface area contributed by atoms with Gasteiger partial charge in [0.05, 0.1) is 12.6 Å². The van der Waals surface area contributed by atoms with Gasteiger partial charge in [-0.1, -0.05) is 55.0 Å². The minimum absolute atomic E-state index is 0.0297. The van der Waals surface area contributed by atoms with Crippen molar-refractivity contribution in [2.24, 2.45) is 0 Å². The summed E-state index contributed by atoms with van der Waals surface area (Å²) in [6.45, 7) is 4.81. The van der Waals surface area contributed by atoms with E-state index >= 15 is 0 Å². The predicted octanol–water partition coefficient (Wildman–Crippen LogP) is 6.13. The number of H-pyrrole nitrogens is 1. The summed E-state index contributed by atoms with van der Waals surface area (Å²) in [4.78, 5) is 18.6. The molecular formula is C27H28N2O2. The summed E-state index contributed by atoms with van der Waals surface area (Å²) in [5, 5.41) is 1.12. The first-order valence-corrected chi connectivity index (χ1v) is 10.7. The summed E-state index contributed by atoms with van der Waals surface area (Å²) in [6, 6.07) is 23.8. The maximum Gasteiger partial charge on any atom is 0.254 e. The number of carbonyl (C=O) groups excluding carboxylic acids is 1. The molecule has 0 aliphatic carbocycles. The fourth-order valence-corrected chi connectivity index (χ4v) is 3.92. The van der Waals surface area contributed by atoms with E-state index in [0.29, 0.717) is 12.2 Å². The second-order valence-corrected chi connectivity index (χ2v) is 7.89. The second-order valence-electron chi connectivity index (χ2n) is 7.89. The predicted molar refractivity (Wildman–Crippen MR) is 126 cm³/mol. The first-order chi connectivity index (χ1) is 15.1. The van der Waals surface area contributed by atoms with Crippen LogP contribution in [0.3, 0.4) is 0 Å². The van der Waals surface area contributed by atoms with E-state index in [4.69, 9.17) is 4.74 Å². The van der Waals surface area contributed by atoms with Gasteiger partial charge in [0, 0.05) is 35.3 Å². The quantitative estimate of drug-likeness (QED) is 0.397. The molecule has 158 valence electrons. The summed E-state index contributed by atoms with van der Waals surface area (Å²) >= 11 is 0. The average molecular weight is 413 g/mol. The molecule has 4 nitrogen and oxygen atoms in total. The van der Waals surface area contributed by atoms with E-state index in [1.54, 1.807) is 0 Å². The molecule has 4 rings (SSSR count). The summed E-state index contributed by atoms with van der Waals surface area (Å²) in [5.74, 6) is 0.755. The van der Waals surface area contributed by atoms with E-state index in [0.717, 1.165) is 34.2 Å². The molecule has 0 saturated carbocycles. The molecule has 0 saturated heterocycles. The summed E-state index contributed by atoms with van der Waals surface area (Å²) in [6.07, 6.45) is 2.97. The van der Waals surface area contributed by atoms with Crippen molar-refractivity contribution < 1.29 is 9.53 Å².